The van der Waals surface area contributed by atoms with Crippen LogP contribution in [0.1, 0.15) is 11.3 Å². The van der Waals surface area contributed by atoms with Crippen molar-refractivity contribution in [1.29, 1.82) is 0 Å². The molecule has 0 atom stereocenters. The monoisotopic (exact) mass is 390 g/mol. The van der Waals surface area contributed by atoms with E-state index < -0.39 is 0 Å². The zero-order valence-electron chi connectivity index (χ0n) is 12.7. The topological polar surface area (TPSA) is 70.7 Å². The highest BCUT2D eigenvalue weighted by molar-refractivity contribution is 9.10. The Labute approximate surface area is 146 Å². The average Bonchev–Trinajstić information content (AvgIpc) is 2.87. The fourth-order valence-electron chi connectivity index (χ4n) is 2.11. The van der Waals surface area contributed by atoms with Gasteiger partial charge in [-0.1, -0.05) is 23.9 Å². The van der Waals surface area contributed by atoms with Crippen LogP contribution in [0.15, 0.2) is 40.0 Å². The van der Waals surface area contributed by atoms with Crippen LogP contribution in [0.5, 0.6) is 0 Å². The van der Waals surface area contributed by atoms with Gasteiger partial charge in [0.05, 0.1) is 17.0 Å². The summed E-state index contributed by atoms with van der Waals surface area (Å²) in [5.74, 6) is 0.222. The normalized spacial score (nSPS) is 10.9. The van der Waals surface area contributed by atoms with Gasteiger partial charge in [0, 0.05) is 10.2 Å². The van der Waals surface area contributed by atoms with Gasteiger partial charge in [-0.3, -0.25) is 4.79 Å². The first-order valence-corrected chi connectivity index (χ1v) is 8.81. The van der Waals surface area contributed by atoms with Crippen LogP contribution in [-0.2, 0) is 4.79 Å². The molecule has 118 valence electrons. The zero-order valence-corrected chi connectivity index (χ0v) is 15.1. The third-order valence-corrected chi connectivity index (χ3v) is 4.90. The molecule has 0 unspecified atom stereocenters. The Hall–Kier alpha value is -1.86. The molecule has 23 heavy (non-hydrogen) atoms. The number of nitrogens with zero attached hydrogens (tertiary/aromatic N) is 2. The van der Waals surface area contributed by atoms with E-state index >= 15 is 0 Å². The van der Waals surface area contributed by atoms with E-state index in [1.165, 1.54) is 11.8 Å². The summed E-state index contributed by atoms with van der Waals surface area (Å²) in [4.78, 5) is 24.0. The first kappa shape index (κ1) is 16.0. The van der Waals surface area contributed by atoms with Gasteiger partial charge in [-0.2, -0.15) is 0 Å². The number of rotatable bonds is 4. The highest BCUT2D eigenvalue weighted by Crippen LogP contribution is 2.23. The molecule has 5 nitrogen and oxygen atoms in total. The fourth-order valence-corrected chi connectivity index (χ4v) is 3.10. The maximum Gasteiger partial charge on any atom is 0.234 e. The predicted molar refractivity (Wildman–Crippen MR) is 96.9 cm³/mol. The van der Waals surface area contributed by atoms with Crippen molar-refractivity contribution in [3.8, 4) is 0 Å². The summed E-state index contributed by atoms with van der Waals surface area (Å²) in [7, 11) is 0. The van der Waals surface area contributed by atoms with Gasteiger partial charge in [0.2, 0.25) is 5.91 Å². The Bertz CT molecular complexity index is 839. The number of amides is 1. The first-order chi connectivity index (χ1) is 11.0. The van der Waals surface area contributed by atoms with Crippen LogP contribution in [-0.4, -0.2) is 26.6 Å². The van der Waals surface area contributed by atoms with Crippen molar-refractivity contribution in [1.82, 2.24) is 15.0 Å². The molecule has 0 fully saturated rings. The van der Waals surface area contributed by atoms with Crippen LogP contribution in [0.3, 0.4) is 0 Å². The number of aryl methyl sites for hydroxylation is 2. The summed E-state index contributed by atoms with van der Waals surface area (Å²) in [6, 6.07) is 9.67. The SMILES string of the molecule is Cc1cccc(NC(=O)CSc2nc3nc(C)c(Br)cc3[nH]2)c1. The number of anilines is 1. The fraction of sp³-hybridized carbons (Fsp3) is 0.188. The summed E-state index contributed by atoms with van der Waals surface area (Å²) >= 11 is 4.80. The second-order valence-electron chi connectivity index (χ2n) is 5.18. The van der Waals surface area contributed by atoms with E-state index in [0.717, 1.165) is 26.9 Å². The molecule has 0 spiro atoms. The predicted octanol–water partition coefficient (Wildman–Crippen LogP) is 4.07. The molecule has 3 aromatic rings. The number of aromatic amines is 1. The number of thioether (sulfide) groups is 1. The zero-order chi connectivity index (χ0) is 16.4. The summed E-state index contributed by atoms with van der Waals surface area (Å²) in [6.07, 6.45) is 0. The lowest BCUT2D eigenvalue weighted by molar-refractivity contribution is -0.113. The number of nitrogens with one attached hydrogen (secondary N) is 2. The molecule has 2 aromatic heterocycles. The second-order valence-corrected chi connectivity index (χ2v) is 6.99. The average molecular weight is 391 g/mol. The summed E-state index contributed by atoms with van der Waals surface area (Å²) in [5, 5.41) is 3.57. The van der Waals surface area contributed by atoms with Gasteiger partial charge in [-0.25, -0.2) is 9.97 Å². The quantitative estimate of drug-likeness (QED) is 0.658. The Morgan fingerprint density at radius 3 is 2.91 bits per heavy atom. The highest BCUT2D eigenvalue weighted by Gasteiger charge is 2.10. The number of hydrogen-bond acceptors (Lipinski definition) is 4. The number of imidazole rings is 1. The molecule has 0 saturated carbocycles. The molecule has 0 radical (unpaired) electrons. The first-order valence-electron chi connectivity index (χ1n) is 7.03. The molecule has 0 aliphatic rings. The number of carbonyl (C=O) groups is 1. The van der Waals surface area contributed by atoms with Gasteiger partial charge < -0.3 is 10.3 Å². The number of aromatic nitrogens is 3. The van der Waals surface area contributed by atoms with Gasteiger partial charge >= 0.3 is 0 Å². The minimum atomic E-state index is -0.0635. The molecule has 1 aromatic carbocycles. The van der Waals surface area contributed by atoms with Gasteiger partial charge in [0.25, 0.3) is 0 Å². The third-order valence-electron chi connectivity index (χ3n) is 3.22. The van der Waals surface area contributed by atoms with Crippen molar-refractivity contribution in [2.75, 3.05) is 11.1 Å². The van der Waals surface area contributed by atoms with E-state index in [4.69, 9.17) is 0 Å². The Kier molecular flexibility index (Phi) is 4.68. The lowest BCUT2D eigenvalue weighted by Crippen LogP contribution is -2.14. The molecule has 7 heteroatoms. The molecule has 0 aliphatic heterocycles. The van der Waals surface area contributed by atoms with E-state index in [-0.39, 0.29) is 11.7 Å². The van der Waals surface area contributed by atoms with Crippen molar-refractivity contribution in [2.45, 2.75) is 19.0 Å². The summed E-state index contributed by atoms with van der Waals surface area (Å²) in [6.45, 7) is 3.91. The van der Waals surface area contributed by atoms with Crippen molar-refractivity contribution >= 4 is 50.5 Å². The molecular formula is C16H15BrN4OS. The molecule has 0 aliphatic carbocycles. The number of fused-ring (bicyclic) bond motifs is 1. The molecule has 3 rings (SSSR count). The number of halogens is 1. The lowest BCUT2D eigenvalue weighted by Gasteiger charge is -2.04. The number of pyridine rings is 1. The molecule has 2 heterocycles. The molecule has 1 amide bonds. The Morgan fingerprint density at radius 1 is 1.30 bits per heavy atom. The van der Waals surface area contributed by atoms with Crippen LogP contribution in [0.2, 0.25) is 0 Å². The minimum absolute atomic E-state index is 0.0635. The van der Waals surface area contributed by atoms with E-state index in [9.17, 15) is 4.79 Å². The van der Waals surface area contributed by atoms with Gasteiger partial charge in [0.15, 0.2) is 10.8 Å². The van der Waals surface area contributed by atoms with Crippen LogP contribution in [0, 0.1) is 13.8 Å². The number of H-pyrrole nitrogens is 1. The van der Waals surface area contributed by atoms with Crippen LogP contribution >= 0.6 is 27.7 Å². The Balaban J connectivity index is 1.65. The number of carbonyl (C=O) groups excluding carboxylic acids is 1. The number of benzene rings is 1. The van der Waals surface area contributed by atoms with E-state index in [1.807, 2.05) is 44.2 Å². The van der Waals surface area contributed by atoms with Crippen LogP contribution in [0.25, 0.3) is 11.2 Å². The maximum absolute atomic E-state index is 12.0. The second kappa shape index (κ2) is 6.72. The minimum Gasteiger partial charge on any atom is -0.331 e. The van der Waals surface area contributed by atoms with E-state index in [0.29, 0.717) is 10.8 Å². The standard InChI is InChI=1S/C16H15BrN4OS/c1-9-4-3-5-11(6-9)19-14(22)8-23-16-20-13-7-12(17)10(2)18-15(13)21-16/h3-7H,8H2,1-2H3,(H,19,22)(H,18,20,21). The smallest absolute Gasteiger partial charge is 0.234 e. The third kappa shape index (κ3) is 3.92. The van der Waals surface area contributed by atoms with Crippen molar-refractivity contribution in [2.24, 2.45) is 0 Å². The van der Waals surface area contributed by atoms with Gasteiger partial charge in [0.1, 0.15) is 0 Å². The van der Waals surface area contributed by atoms with Crippen molar-refractivity contribution in [3.63, 3.8) is 0 Å². The van der Waals surface area contributed by atoms with Gasteiger partial charge in [-0.05, 0) is 53.5 Å². The lowest BCUT2D eigenvalue weighted by atomic mass is 10.2. The van der Waals surface area contributed by atoms with Gasteiger partial charge in [-0.15, -0.1) is 0 Å². The summed E-state index contributed by atoms with van der Waals surface area (Å²) in [5.41, 5.74) is 4.32. The number of hydrogen-bond donors (Lipinski definition) is 2. The van der Waals surface area contributed by atoms with E-state index in [1.54, 1.807) is 0 Å². The van der Waals surface area contributed by atoms with Crippen LogP contribution < -0.4 is 5.32 Å². The Morgan fingerprint density at radius 2 is 2.13 bits per heavy atom. The molecule has 2 N–H and O–H groups in total. The molecule has 0 saturated heterocycles. The van der Waals surface area contributed by atoms with Crippen molar-refractivity contribution in [3.05, 3.63) is 46.1 Å². The maximum atomic E-state index is 12.0. The molecular weight excluding hydrogens is 376 g/mol. The highest BCUT2D eigenvalue weighted by atomic mass is 79.9. The van der Waals surface area contributed by atoms with Crippen molar-refractivity contribution < 1.29 is 4.79 Å². The van der Waals surface area contributed by atoms with Crippen LogP contribution in [0.4, 0.5) is 5.69 Å². The largest absolute Gasteiger partial charge is 0.331 e. The summed E-state index contributed by atoms with van der Waals surface area (Å²) < 4.78 is 0.933. The molecule has 0 bridgehead atoms. The van der Waals surface area contributed by atoms with E-state index in [2.05, 4.69) is 36.2 Å².